The number of aryl methyl sites for hydroxylation is 3. The van der Waals surface area contributed by atoms with Crippen LogP contribution >= 0.6 is 11.8 Å². The molecular weight excluding hydrogens is 358 g/mol. The van der Waals surface area contributed by atoms with Gasteiger partial charge in [0.1, 0.15) is 5.76 Å². The number of piperazine rings is 1. The van der Waals surface area contributed by atoms with Crippen molar-refractivity contribution in [1.29, 1.82) is 0 Å². The largest absolute Gasteiger partial charge is 0.363 e. The smallest absolute Gasteiger partial charge is 0.232 e. The fourth-order valence-electron chi connectivity index (χ4n) is 3.86. The standard InChI is InChI=1S/C21H29N3O2S/c1-14-7-6-8-19(9-14)24-15(2)10-23(11-16(24)3)21(25)13-27-12-20-17(4)22-26-18(20)5/h6-9,15-16H,10-13H2,1-5H3. The zero-order valence-electron chi connectivity index (χ0n) is 16.9. The van der Waals surface area contributed by atoms with Gasteiger partial charge >= 0.3 is 0 Å². The van der Waals surface area contributed by atoms with E-state index in [9.17, 15) is 4.79 Å². The van der Waals surface area contributed by atoms with E-state index in [-0.39, 0.29) is 5.91 Å². The molecule has 0 aliphatic carbocycles. The monoisotopic (exact) mass is 387 g/mol. The van der Waals surface area contributed by atoms with Crippen LogP contribution in [0.1, 0.15) is 36.4 Å². The maximum absolute atomic E-state index is 12.7. The minimum atomic E-state index is 0.217. The van der Waals surface area contributed by atoms with E-state index >= 15 is 0 Å². The highest BCUT2D eigenvalue weighted by Gasteiger charge is 2.31. The van der Waals surface area contributed by atoms with Gasteiger partial charge in [0.25, 0.3) is 0 Å². The van der Waals surface area contributed by atoms with Gasteiger partial charge in [-0.2, -0.15) is 0 Å². The summed E-state index contributed by atoms with van der Waals surface area (Å²) in [5.74, 6) is 2.32. The van der Waals surface area contributed by atoms with Crippen molar-refractivity contribution in [1.82, 2.24) is 10.1 Å². The van der Waals surface area contributed by atoms with Gasteiger partial charge in [0.2, 0.25) is 5.91 Å². The number of nitrogens with zero attached hydrogens (tertiary/aromatic N) is 3. The molecule has 6 heteroatoms. The zero-order valence-corrected chi connectivity index (χ0v) is 17.7. The van der Waals surface area contributed by atoms with Crippen molar-refractivity contribution < 1.29 is 9.32 Å². The molecule has 2 atom stereocenters. The summed E-state index contributed by atoms with van der Waals surface area (Å²) in [6.07, 6.45) is 0. The van der Waals surface area contributed by atoms with Crippen LogP contribution in [-0.2, 0) is 10.5 Å². The number of carbonyl (C=O) groups is 1. The summed E-state index contributed by atoms with van der Waals surface area (Å²) in [4.78, 5) is 17.2. The average Bonchev–Trinajstić information content (AvgIpc) is 2.93. The summed E-state index contributed by atoms with van der Waals surface area (Å²) in [6.45, 7) is 11.9. The predicted molar refractivity (Wildman–Crippen MR) is 111 cm³/mol. The van der Waals surface area contributed by atoms with Crippen molar-refractivity contribution in [2.24, 2.45) is 0 Å². The third kappa shape index (κ3) is 4.49. The zero-order chi connectivity index (χ0) is 19.6. The van der Waals surface area contributed by atoms with Crippen LogP contribution in [0.5, 0.6) is 0 Å². The minimum Gasteiger partial charge on any atom is -0.363 e. The average molecular weight is 388 g/mol. The Morgan fingerprint density at radius 2 is 1.93 bits per heavy atom. The molecule has 1 amide bonds. The van der Waals surface area contributed by atoms with E-state index in [0.717, 1.165) is 35.9 Å². The second-order valence-corrected chi connectivity index (χ2v) is 8.52. The second-order valence-electron chi connectivity index (χ2n) is 7.54. The first-order valence-electron chi connectivity index (χ1n) is 9.49. The molecule has 0 radical (unpaired) electrons. The lowest BCUT2D eigenvalue weighted by Gasteiger charge is -2.46. The van der Waals surface area contributed by atoms with Crippen molar-refractivity contribution in [3.8, 4) is 0 Å². The second kappa shape index (κ2) is 8.38. The van der Waals surface area contributed by atoms with Crippen LogP contribution < -0.4 is 4.90 Å². The maximum Gasteiger partial charge on any atom is 0.232 e. The molecule has 2 aromatic rings. The van der Waals surface area contributed by atoms with E-state index in [4.69, 9.17) is 4.52 Å². The highest BCUT2D eigenvalue weighted by molar-refractivity contribution is 7.99. The Labute approximate surface area is 166 Å². The number of hydrogen-bond acceptors (Lipinski definition) is 5. The lowest BCUT2D eigenvalue weighted by atomic mass is 10.1. The van der Waals surface area contributed by atoms with E-state index < -0.39 is 0 Å². The van der Waals surface area contributed by atoms with E-state index in [2.05, 4.69) is 55.1 Å². The summed E-state index contributed by atoms with van der Waals surface area (Å²) < 4.78 is 5.20. The molecule has 1 saturated heterocycles. The first-order valence-corrected chi connectivity index (χ1v) is 10.6. The summed E-state index contributed by atoms with van der Waals surface area (Å²) in [5.41, 5.74) is 4.54. The summed E-state index contributed by atoms with van der Waals surface area (Å²) in [6, 6.07) is 9.21. The van der Waals surface area contributed by atoms with Crippen LogP contribution in [0.4, 0.5) is 5.69 Å². The molecule has 1 aliphatic heterocycles. The van der Waals surface area contributed by atoms with Gasteiger partial charge < -0.3 is 14.3 Å². The maximum atomic E-state index is 12.7. The van der Waals surface area contributed by atoms with E-state index in [1.807, 2.05) is 18.7 Å². The molecular formula is C21H29N3O2S. The predicted octanol–water partition coefficient (Wildman–Crippen LogP) is 3.96. The number of thioether (sulfide) groups is 1. The van der Waals surface area contributed by atoms with Crippen LogP contribution in [0.2, 0.25) is 0 Å². The third-order valence-corrected chi connectivity index (χ3v) is 6.17. The van der Waals surface area contributed by atoms with Gasteiger partial charge in [-0.15, -0.1) is 11.8 Å². The van der Waals surface area contributed by atoms with Crippen molar-refractivity contribution in [3.63, 3.8) is 0 Å². The lowest BCUT2D eigenvalue weighted by Crippen LogP contribution is -2.58. The lowest BCUT2D eigenvalue weighted by molar-refractivity contribution is -0.129. The Bertz CT molecular complexity index is 773. The number of amides is 1. The number of aromatic nitrogens is 1. The number of carbonyl (C=O) groups excluding carboxylic acids is 1. The van der Waals surface area contributed by atoms with Gasteiger partial charge in [-0.3, -0.25) is 4.79 Å². The van der Waals surface area contributed by atoms with Crippen molar-refractivity contribution >= 4 is 23.4 Å². The normalized spacial score (nSPS) is 20.2. The fraction of sp³-hybridized carbons (Fsp3) is 0.524. The van der Waals surface area contributed by atoms with Crippen LogP contribution in [0, 0.1) is 20.8 Å². The molecule has 0 bridgehead atoms. The molecule has 1 aromatic heterocycles. The molecule has 0 N–H and O–H groups in total. The van der Waals surface area contributed by atoms with Crippen molar-refractivity contribution in [2.75, 3.05) is 23.7 Å². The molecule has 1 aromatic carbocycles. The van der Waals surface area contributed by atoms with Crippen LogP contribution in [-0.4, -0.2) is 46.9 Å². The van der Waals surface area contributed by atoms with Gasteiger partial charge in [-0.05, 0) is 52.3 Å². The van der Waals surface area contributed by atoms with Crippen molar-refractivity contribution in [3.05, 3.63) is 46.8 Å². The number of hydrogen-bond donors (Lipinski definition) is 0. The molecule has 1 fully saturated rings. The molecule has 0 saturated carbocycles. The van der Waals surface area contributed by atoms with Crippen LogP contribution in [0.3, 0.4) is 0 Å². The molecule has 146 valence electrons. The van der Waals surface area contributed by atoms with Gasteiger partial charge in [-0.25, -0.2) is 0 Å². The van der Waals surface area contributed by atoms with E-state index in [1.54, 1.807) is 11.8 Å². The summed E-state index contributed by atoms with van der Waals surface area (Å²) >= 11 is 1.64. The number of benzene rings is 1. The highest BCUT2D eigenvalue weighted by Crippen LogP contribution is 2.26. The summed E-state index contributed by atoms with van der Waals surface area (Å²) in [5, 5.41) is 3.98. The quantitative estimate of drug-likeness (QED) is 0.777. The van der Waals surface area contributed by atoms with Crippen LogP contribution in [0.25, 0.3) is 0 Å². The SMILES string of the molecule is Cc1cccc(N2C(C)CN(C(=O)CSCc3c(C)noc3C)CC2C)c1. The molecule has 2 heterocycles. The molecule has 5 nitrogen and oxygen atoms in total. The minimum absolute atomic E-state index is 0.217. The first kappa shape index (κ1) is 19.8. The molecule has 27 heavy (non-hydrogen) atoms. The molecule has 0 spiro atoms. The first-order chi connectivity index (χ1) is 12.9. The third-order valence-electron chi connectivity index (χ3n) is 5.22. The Balaban J connectivity index is 1.57. The Morgan fingerprint density at radius 3 is 2.52 bits per heavy atom. The Hall–Kier alpha value is -1.95. The Kier molecular flexibility index (Phi) is 6.15. The van der Waals surface area contributed by atoms with Crippen LogP contribution in [0.15, 0.2) is 28.8 Å². The topological polar surface area (TPSA) is 49.6 Å². The van der Waals surface area contributed by atoms with Gasteiger partial charge in [-0.1, -0.05) is 17.3 Å². The Morgan fingerprint density at radius 1 is 1.22 bits per heavy atom. The van der Waals surface area contributed by atoms with E-state index in [0.29, 0.717) is 17.8 Å². The molecule has 2 unspecified atom stereocenters. The summed E-state index contributed by atoms with van der Waals surface area (Å²) in [7, 11) is 0. The fourth-order valence-corrected chi connectivity index (χ4v) is 4.94. The van der Waals surface area contributed by atoms with Crippen molar-refractivity contribution in [2.45, 2.75) is 52.5 Å². The van der Waals surface area contributed by atoms with Gasteiger partial charge in [0, 0.05) is 42.2 Å². The van der Waals surface area contributed by atoms with Gasteiger partial charge in [0.05, 0.1) is 11.4 Å². The molecule has 3 rings (SSSR count). The highest BCUT2D eigenvalue weighted by atomic mass is 32.2. The number of rotatable bonds is 5. The van der Waals surface area contributed by atoms with Gasteiger partial charge in [0.15, 0.2) is 0 Å². The number of anilines is 1. The van der Waals surface area contributed by atoms with E-state index in [1.165, 1.54) is 11.3 Å². The molecule has 1 aliphatic rings.